The van der Waals surface area contributed by atoms with Crippen LogP contribution in [0.25, 0.3) is 0 Å². The molecule has 1 fully saturated rings. The zero-order valence-corrected chi connectivity index (χ0v) is 14.8. The number of carbonyl (C=O) groups is 2. The number of nitrogens with zero attached hydrogens (tertiary/aromatic N) is 2. The fraction of sp³-hybridized carbons (Fsp3) is 0.529. The summed E-state index contributed by atoms with van der Waals surface area (Å²) < 4.78 is 5.12. The summed E-state index contributed by atoms with van der Waals surface area (Å²) in [6, 6.07) is 7.55. The van der Waals surface area contributed by atoms with Crippen molar-refractivity contribution in [1.29, 1.82) is 0 Å². The molecule has 0 N–H and O–H groups in total. The molecule has 0 unspecified atom stereocenters. The second-order valence-electron chi connectivity index (χ2n) is 5.61. The molecule has 1 aromatic rings. The fourth-order valence-electron chi connectivity index (χ4n) is 2.56. The molecule has 0 spiro atoms. The number of benzene rings is 1. The second-order valence-corrected chi connectivity index (χ2v) is 6.79. The average molecular weight is 336 g/mol. The van der Waals surface area contributed by atoms with Gasteiger partial charge in [0.2, 0.25) is 11.8 Å². The first-order valence-corrected chi connectivity index (χ1v) is 9.06. The second kappa shape index (κ2) is 8.24. The summed E-state index contributed by atoms with van der Waals surface area (Å²) in [5.41, 5.74) is 0.977. The molecular formula is C17H24N2O3S. The number of thioether (sulfide) groups is 1. The first-order chi connectivity index (χ1) is 11.0. The Balaban J connectivity index is 1.84. The predicted molar refractivity (Wildman–Crippen MR) is 92.8 cm³/mol. The normalized spacial score (nSPS) is 16.1. The zero-order chi connectivity index (χ0) is 16.8. The van der Waals surface area contributed by atoms with E-state index in [0.29, 0.717) is 32.6 Å². The van der Waals surface area contributed by atoms with Gasteiger partial charge in [0.25, 0.3) is 0 Å². The number of rotatable bonds is 5. The number of piperazine rings is 1. The molecule has 5 nitrogen and oxygen atoms in total. The third-order valence-electron chi connectivity index (χ3n) is 4.16. The lowest BCUT2D eigenvalue weighted by Gasteiger charge is -2.35. The maximum Gasteiger partial charge on any atom is 0.235 e. The van der Waals surface area contributed by atoms with Crippen LogP contribution in [0.3, 0.4) is 0 Å². The molecular weight excluding hydrogens is 312 g/mol. The molecule has 0 saturated carbocycles. The van der Waals surface area contributed by atoms with Gasteiger partial charge in [-0.1, -0.05) is 12.1 Å². The molecule has 1 aliphatic rings. The number of ether oxygens (including phenoxy) is 1. The Morgan fingerprint density at radius 2 is 1.70 bits per heavy atom. The lowest BCUT2D eigenvalue weighted by Crippen LogP contribution is -2.52. The van der Waals surface area contributed by atoms with Crippen molar-refractivity contribution in [3.8, 4) is 5.75 Å². The quantitative estimate of drug-likeness (QED) is 0.821. The van der Waals surface area contributed by atoms with Crippen LogP contribution in [0, 0.1) is 0 Å². The highest BCUT2D eigenvalue weighted by atomic mass is 32.2. The molecule has 23 heavy (non-hydrogen) atoms. The smallest absolute Gasteiger partial charge is 0.235 e. The molecule has 126 valence electrons. The summed E-state index contributed by atoms with van der Waals surface area (Å²) in [4.78, 5) is 28.2. The van der Waals surface area contributed by atoms with Crippen LogP contribution in [0.1, 0.15) is 12.5 Å². The van der Waals surface area contributed by atoms with E-state index in [1.54, 1.807) is 18.9 Å². The Kier molecular flexibility index (Phi) is 6.33. The Morgan fingerprint density at radius 1 is 1.13 bits per heavy atom. The van der Waals surface area contributed by atoms with Gasteiger partial charge < -0.3 is 14.5 Å². The van der Waals surface area contributed by atoms with E-state index in [0.717, 1.165) is 11.3 Å². The molecule has 0 aliphatic carbocycles. The van der Waals surface area contributed by atoms with Crippen molar-refractivity contribution in [2.45, 2.75) is 18.6 Å². The van der Waals surface area contributed by atoms with Gasteiger partial charge in [0.1, 0.15) is 5.75 Å². The molecule has 0 radical (unpaired) electrons. The Bertz CT molecular complexity index is 539. The molecule has 1 aliphatic heterocycles. The predicted octanol–water partition coefficient (Wildman–Crippen LogP) is 1.66. The zero-order valence-electron chi connectivity index (χ0n) is 13.9. The van der Waals surface area contributed by atoms with Crippen molar-refractivity contribution in [1.82, 2.24) is 9.80 Å². The minimum absolute atomic E-state index is 0.0171. The van der Waals surface area contributed by atoms with Crippen molar-refractivity contribution in [3.05, 3.63) is 29.8 Å². The molecule has 1 atom stereocenters. The fourth-order valence-corrected chi connectivity index (χ4v) is 2.91. The van der Waals surface area contributed by atoms with Crippen molar-refractivity contribution in [3.63, 3.8) is 0 Å². The van der Waals surface area contributed by atoms with Crippen LogP contribution in [0.15, 0.2) is 24.3 Å². The summed E-state index contributed by atoms with van der Waals surface area (Å²) in [5, 5.41) is -0.0171. The maximum absolute atomic E-state index is 12.4. The maximum atomic E-state index is 12.4. The summed E-state index contributed by atoms with van der Waals surface area (Å²) >= 11 is 1.56. The van der Waals surface area contributed by atoms with Crippen LogP contribution in [0.5, 0.6) is 5.75 Å². The van der Waals surface area contributed by atoms with Gasteiger partial charge in [-0.3, -0.25) is 9.59 Å². The molecule has 6 heteroatoms. The van der Waals surface area contributed by atoms with E-state index in [1.807, 2.05) is 47.2 Å². The third kappa shape index (κ3) is 4.64. The Labute approximate surface area is 142 Å². The first kappa shape index (κ1) is 17.7. The standard InChI is InChI=1S/C17H24N2O3S/c1-13(23-3)17(21)19-10-8-18(9-11-19)16(20)12-14-4-6-15(22-2)7-5-14/h4-7,13H,8-12H2,1-3H3/t13-/m1/s1. The molecule has 0 bridgehead atoms. The largest absolute Gasteiger partial charge is 0.497 e. The van der Waals surface area contributed by atoms with Crippen LogP contribution in [0.2, 0.25) is 0 Å². The number of methoxy groups -OCH3 is 1. The van der Waals surface area contributed by atoms with Gasteiger partial charge >= 0.3 is 0 Å². The van der Waals surface area contributed by atoms with Crippen LogP contribution in [-0.4, -0.2) is 66.4 Å². The van der Waals surface area contributed by atoms with Crippen molar-refractivity contribution >= 4 is 23.6 Å². The number of hydrogen-bond donors (Lipinski definition) is 0. The van der Waals surface area contributed by atoms with E-state index >= 15 is 0 Å². The van der Waals surface area contributed by atoms with Gasteiger partial charge in [-0.2, -0.15) is 11.8 Å². The molecule has 1 aromatic carbocycles. The van der Waals surface area contributed by atoms with Gasteiger partial charge in [0, 0.05) is 26.2 Å². The van der Waals surface area contributed by atoms with Crippen molar-refractivity contribution < 1.29 is 14.3 Å². The van der Waals surface area contributed by atoms with E-state index in [2.05, 4.69) is 0 Å². The minimum Gasteiger partial charge on any atom is -0.497 e. The topological polar surface area (TPSA) is 49.9 Å². The summed E-state index contributed by atoms with van der Waals surface area (Å²) in [6.45, 7) is 4.40. The Hall–Kier alpha value is -1.69. The van der Waals surface area contributed by atoms with Crippen molar-refractivity contribution in [2.75, 3.05) is 39.5 Å². The highest BCUT2D eigenvalue weighted by Gasteiger charge is 2.26. The van der Waals surface area contributed by atoms with Crippen LogP contribution in [0.4, 0.5) is 0 Å². The van der Waals surface area contributed by atoms with E-state index in [9.17, 15) is 9.59 Å². The van der Waals surface area contributed by atoms with E-state index < -0.39 is 0 Å². The van der Waals surface area contributed by atoms with E-state index in [-0.39, 0.29) is 17.1 Å². The van der Waals surface area contributed by atoms with Crippen LogP contribution < -0.4 is 4.74 Å². The van der Waals surface area contributed by atoms with Crippen LogP contribution in [-0.2, 0) is 16.0 Å². The van der Waals surface area contributed by atoms with Crippen molar-refractivity contribution in [2.24, 2.45) is 0 Å². The van der Waals surface area contributed by atoms with E-state index in [1.165, 1.54) is 0 Å². The molecule has 1 saturated heterocycles. The van der Waals surface area contributed by atoms with Gasteiger partial charge in [-0.15, -0.1) is 0 Å². The van der Waals surface area contributed by atoms with Gasteiger partial charge in [-0.25, -0.2) is 0 Å². The monoisotopic (exact) mass is 336 g/mol. The number of hydrogen-bond acceptors (Lipinski definition) is 4. The summed E-state index contributed by atoms with van der Waals surface area (Å²) in [7, 11) is 1.62. The highest BCUT2D eigenvalue weighted by Crippen LogP contribution is 2.14. The van der Waals surface area contributed by atoms with E-state index in [4.69, 9.17) is 4.74 Å². The van der Waals surface area contributed by atoms with Gasteiger partial charge in [0.05, 0.1) is 18.8 Å². The number of carbonyl (C=O) groups excluding carboxylic acids is 2. The first-order valence-electron chi connectivity index (χ1n) is 7.77. The van der Waals surface area contributed by atoms with Gasteiger partial charge in [0.15, 0.2) is 0 Å². The molecule has 1 heterocycles. The minimum atomic E-state index is -0.0171. The number of amides is 2. The highest BCUT2D eigenvalue weighted by molar-refractivity contribution is 7.99. The van der Waals surface area contributed by atoms with Gasteiger partial charge in [-0.05, 0) is 30.9 Å². The lowest BCUT2D eigenvalue weighted by molar-refractivity contribution is -0.138. The average Bonchev–Trinajstić information content (AvgIpc) is 2.61. The Morgan fingerprint density at radius 3 is 2.22 bits per heavy atom. The molecule has 2 amide bonds. The SMILES string of the molecule is COc1ccc(CC(=O)N2CCN(C(=O)[C@@H](C)SC)CC2)cc1. The molecule has 2 rings (SSSR count). The lowest BCUT2D eigenvalue weighted by atomic mass is 10.1. The van der Waals surface area contributed by atoms with Crippen LogP contribution >= 0.6 is 11.8 Å². The third-order valence-corrected chi connectivity index (χ3v) is 5.07. The summed E-state index contributed by atoms with van der Waals surface area (Å²) in [6.07, 6.45) is 2.33. The molecule has 0 aromatic heterocycles. The summed E-state index contributed by atoms with van der Waals surface area (Å²) in [5.74, 6) is 1.07.